The molecule has 118 valence electrons. The number of nitrogens with one attached hydrogen (secondary N) is 1. The molecule has 1 aromatic heterocycles. The predicted molar refractivity (Wildman–Crippen MR) is 91.1 cm³/mol. The minimum absolute atomic E-state index is 0.159. The number of carbonyl (C=O) groups excluding carboxylic acids is 1. The molecule has 0 spiro atoms. The summed E-state index contributed by atoms with van der Waals surface area (Å²) in [6, 6.07) is 11.2. The summed E-state index contributed by atoms with van der Waals surface area (Å²) in [5, 5.41) is 3.46. The third-order valence-corrected chi connectivity index (χ3v) is 4.00. The number of rotatable bonds is 4. The maximum absolute atomic E-state index is 12.3. The van der Waals surface area contributed by atoms with Gasteiger partial charge in [-0.15, -0.1) is 0 Å². The van der Waals surface area contributed by atoms with Crippen molar-refractivity contribution in [1.82, 2.24) is 9.55 Å². The van der Waals surface area contributed by atoms with E-state index in [0.29, 0.717) is 16.5 Å². The second kappa shape index (κ2) is 6.30. The topological polar surface area (TPSA) is 56.1 Å². The van der Waals surface area contributed by atoms with Crippen molar-refractivity contribution in [2.75, 3.05) is 12.4 Å². The van der Waals surface area contributed by atoms with Gasteiger partial charge in [0, 0.05) is 11.1 Å². The second-order valence-electron chi connectivity index (χ2n) is 5.21. The summed E-state index contributed by atoms with van der Waals surface area (Å²) in [5.74, 6) is 0.373. The molecule has 0 bridgehead atoms. The van der Waals surface area contributed by atoms with Crippen LogP contribution in [0.1, 0.15) is 5.56 Å². The van der Waals surface area contributed by atoms with Crippen molar-refractivity contribution < 1.29 is 9.53 Å². The van der Waals surface area contributed by atoms with Crippen LogP contribution in [0.2, 0.25) is 5.02 Å². The molecule has 0 aliphatic rings. The quantitative estimate of drug-likeness (QED) is 0.795. The molecule has 0 atom stereocenters. The summed E-state index contributed by atoms with van der Waals surface area (Å²) >= 11 is 6.08. The van der Waals surface area contributed by atoms with Gasteiger partial charge in [0.05, 0.1) is 30.2 Å². The Morgan fingerprint density at radius 1 is 1.35 bits per heavy atom. The molecule has 23 heavy (non-hydrogen) atoms. The van der Waals surface area contributed by atoms with Crippen LogP contribution in [0.4, 0.5) is 5.69 Å². The fraction of sp³-hybridized carbons (Fsp3) is 0.176. The summed E-state index contributed by atoms with van der Waals surface area (Å²) in [5.41, 5.74) is 3.25. The Bertz CT molecular complexity index is 873. The molecular formula is C17H16ClN3O2. The first kappa shape index (κ1) is 15.4. The highest BCUT2D eigenvalue weighted by Gasteiger charge is 2.12. The van der Waals surface area contributed by atoms with Crippen molar-refractivity contribution in [3.63, 3.8) is 0 Å². The van der Waals surface area contributed by atoms with Crippen LogP contribution in [0.3, 0.4) is 0 Å². The smallest absolute Gasteiger partial charge is 0.244 e. The van der Waals surface area contributed by atoms with Crippen LogP contribution in [-0.2, 0) is 11.3 Å². The van der Waals surface area contributed by atoms with Crippen LogP contribution in [0.5, 0.6) is 5.75 Å². The number of halogens is 1. The van der Waals surface area contributed by atoms with Crippen LogP contribution in [0, 0.1) is 6.92 Å². The largest absolute Gasteiger partial charge is 0.495 e. The molecule has 0 fully saturated rings. The molecule has 2 aromatic carbocycles. The first-order valence-electron chi connectivity index (χ1n) is 7.12. The fourth-order valence-electron chi connectivity index (χ4n) is 2.41. The summed E-state index contributed by atoms with van der Waals surface area (Å²) in [6.07, 6.45) is 1.66. The van der Waals surface area contributed by atoms with Crippen molar-refractivity contribution in [1.29, 1.82) is 0 Å². The third-order valence-electron chi connectivity index (χ3n) is 3.60. The first-order chi connectivity index (χ1) is 11.1. The van der Waals surface area contributed by atoms with Gasteiger partial charge in [0.25, 0.3) is 0 Å². The number of aromatic nitrogens is 2. The number of benzene rings is 2. The van der Waals surface area contributed by atoms with Gasteiger partial charge in [-0.3, -0.25) is 4.79 Å². The number of methoxy groups -OCH3 is 1. The SMILES string of the molecule is COc1cc(Cl)c(C)cc1NC(=O)Cn1cnc2ccccc21. The van der Waals surface area contributed by atoms with E-state index in [9.17, 15) is 4.79 Å². The van der Waals surface area contributed by atoms with E-state index >= 15 is 0 Å². The normalized spacial score (nSPS) is 10.7. The minimum Gasteiger partial charge on any atom is -0.495 e. The van der Waals surface area contributed by atoms with Crippen molar-refractivity contribution >= 4 is 34.2 Å². The molecule has 0 saturated carbocycles. The van der Waals surface area contributed by atoms with Gasteiger partial charge in [0.15, 0.2) is 0 Å². The predicted octanol–water partition coefficient (Wildman–Crippen LogP) is 3.65. The zero-order valence-electron chi connectivity index (χ0n) is 12.8. The molecule has 1 amide bonds. The Balaban J connectivity index is 1.81. The number of amides is 1. The molecule has 0 aliphatic heterocycles. The van der Waals surface area contributed by atoms with Crippen molar-refractivity contribution in [3.8, 4) is 5.75 Å². The monoisotopic (exact) mass is 329 g/mol. The van der Waals surface area contributed by atoms with Gasteiger partial charge in [0.2, 0.25) is 5.91 Å². The van der Waals surface area contributed by atoms with Crippen LogP contribution >= 0.6 is 11.6 Å². The van der Waals surface area contributed by atoms with Crippen LogP contribution in [-0.4, -0.2) is 22.6 Å². The molecule has 0 saturated heterocycles. The molecule has 5 nitrogen and oxygen atoms in total. The summed E-state index contributed by atoms with van der Waals surface area (Å²) in [7, 11) is 1.54. The van der Waals surface area contributed by atoms with Gasteiger partial charge in [-0.2, -0.15) is 0 Å². The third kappa shape index (κ3) is 3.14. The fourth-order valence-corrected chi connectivity index (χ4v) is 2.56. The van der Waals surface area contributed by atoms with Crippen molar-refractivity contribution in [3.05, 3.63) is 53.3 Å². The zero-order chi connectivity index (χ0) is 16.4. The van der Waals surface area contributed by atoms with E-state index in [1.54, 1.807) is 30.1 Å². The number of fused-ring (bicyclic) bond motifs is 1. The van der Waals surface area contributed by atoms with Crippen molar-refractivity contribution in [2.45, 2.75) is 13.5 Å². The standard InChI is InChI=1S/C17H16ClN3O2/c1-11-7-14(16(23-2)8-12(11)18)20-17(22)9-21-10-19-13-5-3-4-6-15(13)21/h3-8,10H,9H2,1-2H3,(H,20,22). The molecule has 1 heterocycles. The maximum Gasteiger partial charge on any atom is 0.244 e. The number of nitrogens with zero attached hydrogens (tertiary/aromatic N) is 2. The average molecular weight is 330 g/mol. The van der Waals surface area contributed by atoms with E-state index < -0.39 is 0 Å². The lowest BCUT2D eigenvalue weighted by Crippen LogP contribution is -2.18. The zero-order valence-corrected chi connectivity index (χ0v) is 13.6. The lowest BCUT2D eigenvalue weighted by molar-refractivity contribution is -0.116. The van der Waals surface area contributed by atoms with Crippen LogP contribution < -0.4 is 10.1 Å². The van der Waals surface area contributed by atoms with E-state index in [0.717, 1.165) is 16.6 Å². The Hall–Kier alpha value is -2.53. The number of hydrogen-bond donors (Lipinski definition) is 1. The molecule has 0 aliphatic carbocycles. The van der Waals surface area contributed by atoms with Gasteiger partial charge in [-0.05, 0) is 30.7 Å². The van der Waals surface area contributed by atoms with Crippen LogP contribution in [0.25, 0.3) is 11.0 Å². The van der Waals surface area contributed by atoms with E-state index in [4.69, 9.17) is 16.3 Å². The molecule has 0 unspecified atom stereocenters. The summed E-state index contributed by atoms with van der Waals surface area (Å²) in [4.78, 5) is 16.6. The highest BCUT2D eigenvalue weighted by Crippen LogP contribution is 2.30. The second-order valence-corrected chi connectivity index (χ2v) is 5.62. The van der Waals surface area contributed by atoms with Gasteiger partial charge in [0.1, 0.15) is 12.3 Å². The molecule has 3 rings (SSSR count). The minimum atomic E-state index is -0.159. The highest BCUT2D eigenvalue weighted by atomic mass is 35.5. The van der Waals surface area contributed by atoms with E-state index in [1.807, 2.05) is 31.2 Å². The first-order valence-corrected chi connectivity index (χ1v) is 7.50. The van der Waals surface area contributed by atoms with E-state index in [-0.39, 0.29) is 12.5 Å². The van der Waals surface area contributed by atoms with Crippen molar-refractivity contribution in [2.24, 2.45) is 0 Å². The number of aryl methyl sites for hydroxylation is 1. The number of imidazole rings is 1. The van der Waals surface area contributed by atoms with E-state index in [1.165, 1.54) is 0 Å². The number of anilines is 1. The molecule has 0 radical (unpaired) electrons. The van der Waals surface area contributed by atoms with Gasteiger partial charge >= 0.3 is 0 Å². The highest BCUT2D eigenvalue weighted by molar-refractivity contribution is 6.31. The number of para-hydroxylation sites is 2. The maximum atomic E-state index is 12.3. The van der Waals surface area contributed by atoms with Crippen LogP contribution in [0.15, 0.2) is 42.7 Å². The van der Waals surface area contributed by atoms with Gasteiger partial charge < -0.3 is 14.6 Å². The Kier molecular flexibility index (Phi) is 4.21. The Labute approximate surface area is 138 Å². The number of hydrogen-bond acceptors (Lipinski definition) is 3. The molecule has 1 N–H and O–H groups in total. The Morgan fingerprint density at radius 3 is 2.91 bits per heavy atom. The molecular weight excluding hydrogens is 314 g/mol. The lowest BCUT2D eigenvalue weighted by atomic mass is 10.2. The lowest BCUT2D eigenvalue weighted by Gasteiger charge is -2.12. The summed E-state index contributed by atoms with van der Waals surface area (Å²) in [6.45, 7) is 2.05. The summed E-state index contributed by atoms with van der Waals surface area (Å²) < 4.78 is 7.07. The molecule has 6 heteroatoms. The average Bonchev–Trinajstić information content (AvgIpc) is 2.94. The molecule has 3 aromatic rings. The number of ether oxygens (including phenoxy) is 1. The van der Waals surface area contributed by atoms with Gasteiger partial charge in [-0.25, -0.2) is 4.98 Å². The van der Waals surface area contributed by atoms with E-state index in [2.05, 4.69) is 10.3 Å². The Morgan fingerprint density at radius 2 is 2.13 bits per heavy atom. The number of carbonyl (C=O) groups is 1. The van der Waals surface area contributed by atoms with Gasteiger partial charge in [-0.1, -0.05) is 23.7 Å².